The van der Waals surface area contributed by atoms with Crippen LogP contribution in [0.1, 0.15) is 24.2 Å². The maximum Gasteiger partial charge on any atom is 0.304 e. The number of carbonyl (C=O) groups is 1. The van der Waals surface area contributed by atoms with E-state index in [1.807, 2.05) is 31.2 Å². The monoisotopic (exact) mass is 188 g/mol. The summed E-state index contributed by atoms with van der Waals surface area (Å²) in [6, 6.07) is 7.60. The number of rotatable bonds is 2. The number of esters is 1. The molecule has 1 aromatic carbocycles. The average molecular weight is 188 g/mol. The molecule has 0 N–H and O–H groups in total. The number of ether oxygens (including phenoxy) is 1. The summed E-state index contributed by atoms with van der Waals surface area (Å²) in [7, 11) is 0. The van der Waals surface area contributed by atoms with Gasteiger partial charge in [-0.05, 0) is 6.92 Å². The minimum absolute atomic E-state index is 0.367. The van der Waals surface area contributed by atoms with Crippen LogP contribution in [-0.4, -0.2) is 5.97 Å². The second-order valence-electron chi connectivity index (χ2n) is 3.07. The molecule has 0 spiro atoms. The average Bonchev–Trinajstić information content (AvgIpc) is 2.15. The number of terminal acetylenes is 1. The predicted molar refractivity (Wildman–Crippen MR) is 54.5 cm³/mol. The second-order valence-corrected chi connectivity index (χ2v) is 3.07. The molecule has 0 aromatic heterocycles. The molecular formula is C12H12O2. The van der Waals surface area contributed by atoms with Gasteiger partial charge in [-0.2, -0.15) is 0 Å². The highest BCUT2D eigenvalue weighted by molar-refractivity contribution is 5.66. The molecular weight excluding hydrogens is 176 g/mol. The highest BCUT2D eigenvalue weighted by atomic mass is 16.5. The van der Waals surface area contributed by atoms with Crippen LogP contribution in [0.5, 0.6) is 0 Å². The standard InChI is InChI=1S/C12H12O2/c1-4-12(14-10(3)13)11-7-5-9(2)6-8-11/h1,5-8,12H,2-3H3/t12-/m1/s1. The van der Waals surface area contributed by atoms with Gasteiger partial charge in [0.05, 0.1) is 0 Å². The normalized spacial score (nSPS) is 11.5. The molecule has 2 nitrogen and oxygen atoms in total. The van der Waals surface area contributed by atoms with E-state index < -0.39 is 6.10 Å². The van der Waals surface area contributed by atoms with Crippen LogP contribution in [0, 0.1) is 19.3 Å². The smallest absolute Gasteiger partial charge is 0.304 e. The largest absolute Gasteiger partial charge is 0.444 e. The summed E-state index contributed by atoms with van der Waals surface area (Å²) in [5.41, 5.74) is 1.97. The van der Waals surface area contributed by atoms with Crippen molar-refractivity contribution in [2.24, 2.45) is 0 Å². The Bertz CT molecular complexity index is 357. The molecule has 1 rings (SSSR count). The van der Waals surface area contributed by atoms with Crippen molar-refractivity contribution in [1.29, 1.82) is 0 Å². The molecule has 72 valence electrons. The van der Waals surface area contributed by atoms with Crippen LogP contribution >= 0.6 is 0 Å². The number of aryl methyl sites for hydroxylation is 1. The molecule has 1 atom stereocenters. The van der Waals surface area contributed by atoms with Crippen LogP contribution in [0.4, 0.5) is 0 Å². The number of hydrogen-bond donors (Lipinski definition) is 0. The Morgan fingerprint density at radius 1 is 1.43 bits per heavy atom. The lowest BCUT2D eigenvalue weighted by atomic mass is 10.1. The van der Waals surface area contributed by atoms with Crippen molar-refractivity contribution < 1.29 is 9.53 Å². The van der Waals surface area contributed by atoms with Gasteiger partial charge < -0.3 is 4.74 Å². The maximum atomic E-state index is 10.7. The quantitative estimate of drug-likeness (QED) is 0.525. The summed E-state index contributed by atoms with van der Waals surface area (Å²) >= 11 is 0. The molecule has 0 bridgehead atoms. The van der Waals surface area contributed by atoms with E-state index >= 15 is 0 Å². The lowest BCUT2D eigenvalue weighted by molar-refractivity contribution is -0.144. The van der Waals surface area contributed by atoms with Gasteiger partial charge in [0.25, 0.3) is 0 Å². The van der Waals surface area contributed by atoms with Gasteiger partial charge in [0.2, 0.25) is 0 Å². The highest BCUT2D eigenvalue weighted by Crippen LogP contribution is 2.16. The Labute approximate surface area is 83.9 Å². The van der Waals surface area contributed by atoms with Crippen LogP contribution in [0.2, 0.25) is 0 Å². The second kappa shape index (κ2) is 4.48. The third-order valence-electron chi connectivity index (χ3n) is 1.82. The topological polar surface area (TPSA) is 26.3 Å². The van der Waals surface area contributed by atoms with E-state index in [9.17, 15) is 4.79 Å². The van der Waals surface area contributed by atoms with E-state index in [0.717, 1.165) is 11.1 Å². The molecule has 0 aliphatic carbocycles. The minimum atomic E-state index is -0.576. The van der Waals surface area contributed by atoms with Crippen LogP contribution in [-0.2, 0) is 9.53 Å². The number of hydrogen-bond acceptors (Lipinski definition) is 2. The van der Waals surface area contributed by atoms with E-state index in [0.29, 0.717) is 0 Å². The molecule has 0 saturated heterocycles. The summed E-state index contributed by atoms with van der Waals surface area (Å²) in [5, 5.41) is 0. The molecule has 0 unspecified atom stereocenters. The first-order chi connectivity index (χ1) is 6.63. The van der Waals surface area contributed by atoms with Gasteiger partial charge in [-0.15, -0.1) is 6.42 Å². The molecule has 1 aromatic rings. The van der Waals surface area contributed by atoms with Gasteiger partial charge in [-0.1, -0.05) is 35.7 Å². The first-order valence-corrected chi connectivity index (χ1v) is 4.33. The summed E-state index contributed by atoms with van der Waals surface area (Å²) < 4.78 is 4.95. The Morgan fingerprint density at radius 3 is 2.43 bits per heavy atom. The van der Waals surface area contributed by atoms with E-state index in [2.05, 4.69) is 5.92 Å². The summed E-state index contributed by atoms with van der Waals surface area (Å²) in [6.07, 6.45) is 4.69. The minimum Gasteiger partial charge on any atom is -0.444 e. The van der Waals surface area contributed by atoms with Crippen molar-refractivity contribution in [2.75, 3.05) is 0 Å². The maximum absolute atomic E-state index is 10.7. The van der Waals surface area contributed by atoms with Gasteiger partial charge in [-0.25, -0.2) is 0 Å². The van der Waals surface area contributed by atoms with Crippen molar-refractivity contribution in [3.8, 4) is 12.3 Å². The third-order valence-corrected chi connectivity index (χ3v) is 1.82. The number of benzene rings is 1. The molecule has 14 heavy (non-hydrogen) atoms. The van der Waals surface area contributed by atoms with Crippen molar-refractivity contribution in [3.63, 3.8) is 0 Å². The fourth-order valence-corrected chi connectivity index (χ4v) is 1.11. The molecule has 0 aliphatic rings. The van der Waals surface area contributed by atoms with E-state index in [1.165, 1.54) is 6.92 Å². The van der Waals surface area contributed by atoms with Crippen LogP contribution in [0.25, 0.3) is 0 Å². The molecule has 0 radical (unpaired) electrons. The fraction of sp³-hybridized carbons (Fsp3) is 0.250. The predicted octanol–water partition coefficient (Wildman–Crippen LogP) is 2.23. The van der Waals surface area contributed by atoms with E-state index in [-0.39, 0.29) is 5.97 Å². The van der Waals surface area contributed by atoms with Gasteiger partial charge in [0, 0.05) is 12.5 Å². The van der Waals surface area contributed by atoms with Crippen LogP contribution < -0.4 is 0 Å². The zero-order chi connectivity index (χ0) is 10.6. The molecule has 0 saturated carbocycles. The van der Waals surface area contributed by atoms with Crippen LogP contribution in [0.15, 0.2) is 24.3 Å². The van der Waals surface area contributed by atoms with E-state index in [4.69, 9.17) is 11.2 Å². The van der Waals surface area contributed by atoms with Crippen molar-refractivity contribution >= 4 is 5.97 Å². The summed E-state index contributed by atoms with van der Waals surface area (Å²) in [5.74, 6) is 2.06. The van der Waals surface area contributed by atoms with Gasteiger partial charge >= 0.3 is 5.97 Å². The molecule has 2 heteroatoms. The van der Waals surface area contributed by atoms with Gasteiger partial charge in [0.15, 0.2) is 6.10 Å². The zero-order valence-electron chi connectivity index (χ0n) is 8.28. The van der Waals surface area contributed by atoms with Gasteiger partial charge in [0.1, 0.15) is 0 Å². The lowest BCUT2D eigenvalue weighted by Gasteiger charge is -2.10. The number of carbonyl (C=O) groups excluding carboxylic acids is 1. The van der Waals surface area contributed by atoms with Gasteiger partial charge in [-0.3, -0.25) is 4.79 Å². The summed E-state index contributed by atoms with van der Waals surface area (Å²) in [4.78, 5) is 10.7. The SMILES string of the molecule is C#C[C@@H](OC(C)=O)c1ccc(C)cc1. The van der Waals surface area contributed by atoms with Crippen molar-refractivity contribution in [3.05, 3.63) is 35.4 Å². The Balaban J connectivity index is 2.85. The fourth-order valence-electron chi connectivity index (χ4n) is 1.11. The van der Waals surface area contributed by atoms with Crippen LogP contribution in [0.3, 0.4) is 0 Å². The summed E-state index contributed by atoms with van der Waals surface area (Å²) in [6.45, 7) is 3.33. The first-order valence-electron chi connectivity index (χ1n) is 4.33. The van der Waals surface area contributed by atoms with Crippen molar-refractivity contribution in [2.45, 2.75) is 20.0 Å². The Morgan fingerprint density at radius 2 is 2.00 bits per heavy atom. The lowest BCUT2D eigenvalue weighted by Crippen LogP contribution is -2.06. The molecule has 0 amide bonds. The third kappa shape index (κ3) is 2.63. The molecule has 0 heterocycles. The van der Waals surface area contributed by atoms with E-state index in [1.54, 1.807) is 0 Å². The molecule has 0 aliphatic heterocycles. The van der Waals surface area contributed by atoms with Crippen molar-refractivity contribution in [1.82, 2.24) is 0 Å². The zero-order valence-corrected chi connectivity index (χ0v) is 8.28. The highest BCUT2D eigenvalue weighted by Gasteiger charge is 2.10. The first kappa shape index (κ1) is 10.3. The Kier molecular flexibility index (Phi) is 3.30. The molecule has 0 fully saturated rings. The Hall–Kier alpha value is -1.75.